The molecular formula is C13H20O2. The average Bonchev–Trinajstić information content (AvgIpc) is 2.30. The smallest absolute Gasteiger partial charge is 0.202 e. The molecule has 1 heterocycles. The predicted octanol–water partition coefficient (Wildman–Crippen LogP) is 3.22. The van der Waals surface area contributed by atoms with E-state index in [0.29, 0.717) is 12.4 Å². The van der Waals surface area contributed by atoms with Crippen LogP contribution in [0.25, 0.3) is 0 Å². The lowest BCUT2D eigenvalue weighted by Gasteiger charge is -2.33. The van der Waals surface area contributed by atoms with Gasteiger partial charge in [0, 0.05) is 5.41 Å². The highest BCUT2D eigenvalue weighted by molar-refractivity contribution is 5.98. The first kappa shape index (κ1) is 10.7. The Kier molecular flexibility index (Phi) is 3.13. The summed E-state index contributed by atoms with van der Waals surface area (Å²) < 4.78 is 5.47. The first-order chi connectivity index (χ1) is 7.22. The second kappa shape index (κ2) is 4.38. The fourth-order valence-corrected chi connectivity index (χ4v) is 2.57. The van der Waals surface area contributed by atoms with E-state index in [1.165, 1.54) is 19.3 Å². The zero-order chi connectivity index (χ0) is 10.7. The van der Waals surface area contributed by atoms with Gasteiger partial charge in [0.25, 0.3) is 0 Å². The third-order valence-corrected chi connectivity index (χ3v) is 3.66. The molecule has 1 aliphatic carbocycles. The highest BCUT2D eigenvalue weighted by Gasteiger charge is 2.37. The van der Waals surface area contributed by atoms with E-state index >= 15 is 0 Å². The molecule has 0 saturated heterocycles. The van der Waals surface area contributed by atoms with Gasteiger partial charge in [-0.05, 0) is 31.8 Å². The minimum Gasteiger partial charge on any atom is -0.490 e. The summed E-state index contributed by atoms with van der Waals surface area (Å²) in [4.78, 5) is 12.3. The number of ether oxygens (including phenoxy) is 1. The van der Waals surface area contributed by atoms with E-state index in [2.05, 4.69) is 6.92 Å². The van der Waals surface area contributed by atoms with E-state index in [-0.39, 0.29) is 11.2 Å². The Morgan fingerprint density at radius 2 is 2.00 bits per heavy atom. The van der Waals surface area contributed by atoms with Crippen molar-refractivity contribution >= 4 is 5.78 Å². The number of hydrogen-bond acceptors (Lipinski definition) is 2. The highest BCUT2D eigenvalue weighted by Crippen LogP contribution is 2.39. The van der Waals surface area contributed by atoms with Gasteiger partial charge in [-0.15, -0.1) is 0 Å². The summed E-state index contributed by atoms with van der Waals surface area (Å²) in [5.41, 5.74) is -0.137. The fraction of sp³-hybridized carbons (Fsp3) is 0.769. The lowest BCUT2D eigenvalue weighted by atomic mass is 9.72. The molecule has 2 rings (SSSR count). The van der Waals surface area contributed by atoms with Crippen LogP contribution in [0.4, 0.5) is 0 Å². The maximum atomic E-state index is 12.3. The van der Waals surface area contributed by atoms with Crippen molar-refractivity contribution in [1.82, 2.24) is 0 Å². The Morgan fingerprint density at radius 1 is 1.27 bits per heavy atom. The van der Waals surface area contributed by atoms with Gasteiger partial charge in [-0.2, -0.15) is 0 Å². The van der Waals surface area contributed by atoms with Gasteiger partial charge >= 0.3 is 0 Å². The van der Waals surface area contributed by atoms with Crippen LogP contribution < -0.4 is 0 Å². The van der Waals surface area contributed by atoms with E-state index in [0.717, 1.165) is 25.7 Å². The molecule has 0 aromatic rings. The van der Waals surface area contributed by atoms with Crippen molar-refractivity contribution in [3.05, 3.63) is 11.8 Å². The molecule has 0 N–H and O–H groups in total. The number of ketones is 1. The molecule has 0 aromatic heterocycles. The first-order valence-corrected chi connectivity index (χ1v) is 6.10. The number of hydrogen-bond donors (Lipinski definition) is 0. The van der Waals surface area contributed by atoms with Crippen LogP contribution in [-0.4, -0.2) is 12.4 Å². The topological polar surface area (TPSA) is 26.3 Å². The van der Waals surface area contributed by atoms with E-state index < -0.39 is 0 Å². The van der Waals surface area contributed by atoms with Gasteiger partial charge in [0.1, 0.15) is 0 Å². The van der Waals surface area contributed by atoms with Crippen molar-refractivity contribution in [2.24, 2.45) is 5.41 Å². The van der Waals surface area contributed by atoms with Crippen LogP contribution >= 0.6 is 0 Å². The molecule has 15 heavy (non-hydrogen) atoms. The molecule has 0 spiro atoms. The first-order valence-electron chi connectivity index (χ1n) is 6.10. The highest BCUT2D eigenvalue weighted by atomic mass is 16.5. The van der Waals surface area contributed by atoms with E-state index in [9.17, 15) is 4.79 Å². The molecule has 0 radical (unpaired) electrons. The molecule has 0 unspecified atom stereocenters. The molecule has 1 saturated carbocycles. The average molecular weight is 208 g/mol. The van der Waals surface area contributed by atoms with Crippen molar-refractivity contribution in [3.8, 4) is 0 Å². The summed E-state index contributed by atoms with van der Waals surface area (Å²) in [6.07, 6.45) is 9.75. The minimum atomic E-state index is -0.137. The molecule has 2 nitrogen and oxygen atoms in total. The van der Waals surface area contributed by atoms with Crippen LogP contribution in [0.15, 0.2) is 11.8 Å². The lowest BCUT2D eigenvalue weighted by molar-refractivity contribution is -0.129. The molecule has 0 bridgehead atoms. The molecule has 1 aliphatic heterocycles. The molecule has 0 atom stereocenters. The van der Waals surface area contributed by atoms with Gasteiger partial charge in [0.2, 0.25) is 5.78 Å². The monoisotopic (exact) mass is 208 g/mol. The van der Waals surface area contributed by atoms with Crippen molar-refractivity contribution in [1.29, 1.82) is 0 Å². The lowest BCUT2D eigenvalue weighted by Crippen LogP contribution is -2.32. The minimum absolute atomic E-state index is 0.137. The van der Waals surface area contributed by atoms with E-state index in [1.54, 1.807) is 0 Å². The SMILES string of the molecule is CC1(C(=O)C2=CCCCO2)CCCCC1. The van der Waals surface area contributed by atoms with Crippen molar-refractivity contribution in [2.45, 2.75) is 51.9 Å². The third-order valence-electron chi connectivity index (χ3n) is 3.66. The van der Waals surface area contributed by atoms with Gasteiger partial charge in [0.15, 0.2) is 5.76 Å². The summed E-state index contributed by atoms with van der Waals surface area (Å²) in [7, 11) is 0. The number of allylic oxidation sites excluding steroid dienone is 2. The van der Waals surface area contributed by atoms with Crippen LogP contribution in [0.5, 0.6) is 0 Å². The standard InChI is InChI=1S/C13H20O2/c1-13(8-4-2-5-9-13)12(14)11-7-3-6-10-15-11/h7H,2-6,8-10H2,1H3. The van der Waals surface area contributed by atoms with Crippen LogP contribution in [0.1, 0.15) is 51.9 Å². The van der Waals surface area contributed by atoms with Gasteiger partial charge in [-0.1, -0.05) is 26.2 Å². The van der Waals surface area contributed by atoms with Gasteiger partial charge < -0.3 is 4.74 Å². The summed E-state index contributed by atoms with van der Waals surface area (Å²) in [6, 6.07) is 0. The van der Waals surface area contributed by atoms with Crippen molar-refractivity contribution in [3.63, 3.8) is 0 Å². The van der Waals surface area contributed by atoms with Crippen LogP contribution in [0, 0.1) is 5.41 Å². The summed E-state index contributed by atoms with van der Waals surface area (Å²) >= 11 is 0. The summed E-state index contributed by atoms with van der Waals surface area (Å²) in [5.74, 6) is 0.896. The largest absolute Gasteiger partial charge is 0.490 e. The maximum Gasteiger partial charge on any atom is 0.202 e. The molecule has 0 aromatic carbocycles. The number of carbonyl (C=O) groups excluding carboxylic acids is 1. The number of carbonyl (C=O) groups is 1. The Balaban J connectivity index is 2.08. The molecule has 2 aliphatic rings. The van der Waals surface area contributed by atoms with Crippen LogP contribution in [0.3, 0.4) is 0 Å². The van der Waals surface area contributed by atoms with Gasteiger partial charge in [-0.25, -0.2) is 0 Å². The molecule has 0 amide bonds. The quantitative estimate of drug-likeness (QED) is 0.696. The van der Waals surface area contributed by atoms with Crippen molar-refractivity contribution < 1.29 is 9.53 Å². The van der Waals surface area contributed by atoms with E-state index in [4.69, 9.17) is 4.74 Å². The maximum absolute atomic E-state index is 12.3. The fourth-order valence-electron chi connectivity index (χ4n) is 2.57. The second-order valence-electron chi connectivity index (χ2n) is 5.01. The second-order valence-corrected chi connectivity index (χ2v) is 5.01. The number of Topliss-reactive ketones (excluding diaryl/α,β-unsaturated/α-hetero) is 1. The summed E-state index contributed by atoms with van der Waals surface area (Å²) in [5, 5.41) is 0. The molecule has 84 valence electrons. The van der Waals surface area contributed by atoms with Crippen LogP contribution in [-0.2, 0) is 9.53 Å². The normalized spacial score (nSPS) is 25.3. The Hall–Kier alpha value is -0.790. The van der Waals surface area contributed by atoms with E-state index in [1.807, 2.05) is 6.08 Å². The van der Waals surface area contributed by atoms with Crippen molar-refractivity contribution in [2.75, 3.05) is 6.61 Å². The summed E-state index contributed by atoms with van der Waals surface area (Å²) in [6.45, 7) is 2.82. The van der Waals surface area contributed by atoms with Gasteiger partial charge in [-0.3, -0.25) is 4.79 Å². The number of rotatable bonds is 2. The Labute approximate surface area is 91.7 Å². The molecular weight excluding hydrogens is 188 g/mol. The Bertz CT molecular complexity index is 272. The molecule has 2 heteroatoms. The predicted molar refractivity (Wildman–Crippen MR) is 59.5 cm³/mol. The zero-order valence-electron chi connectivity index (χ0n) is 9.55. The van der Waals surface area contributed by atoms with Gasteiger partial charge in [0.05, 0.1) is 6.61 Å². The molecule has 1 fully saturated rings. The zero-order valence-corrected chi connectivity index (χ0v) is 9.55. The third kappa shape index (κ3) is 2.24. The van der Waals surface area contributed by atoms with Crippen LogP contribution in [0.2, 0.25) is 0 Å². The Morgan fingerprint density at radius 3 is 2.60 bits per heavy atom.